The minimum Gasteiger partial charge on any atom is -0.477 e. The predicted octanol–water partition coefficient (Wildman–Crippen LogP) is 4.65. The van der Waals surface area contributed by atoms with Gasteiger partial charge in [0.15, 0.2) is 5.13 Å². The number of urea groups is 1. The van der Waals surface area contributed by atoms with Gasteiger partial charge in [0.05, 0.1) is 16.9 Å². The van der Waals surface area contributed by atoms with E-state index in [1.165, 1.54) is 17.5 Å². The van der Waals surface area contributed by atoms with Crippen molar-refractivity contribution in [2.75, 3.05) is 36.4 Å². The number of pyridine rings is 1. The van der Waals surface area contributed by atoms with Crippen molar-refractivity contribution in [3.05, 3.63) is 75.6 Å². The van der Waals surface area contributed by atoms with E-state index >= 15 is 4.39 Å². The fraction of sp³-hybridized carbons (Fsp3) is 0.259. The lowest BCUT2D eigenvalue weighted by Crippen LogP contribution is -2.50. The first kappa shape index (κ1) is 24.1. The molecule has 1 aliphatic carbocycles. The molecule has 3 heterocycles. The van der Waals surface area contributed by atoms with E-state index in [9.17, 15) is 19.5 Å². The fourth-order valence-corrected chi connectivity index (χ4v) is 5.51. The molecule has 0 radical (unpaired) electrons. The Kier molecular flexibility index (Phi) is 6.07. The lowest BCUT2D eigenvalue weighted by Gasteiger charge is -2.36. The van der Waals surface area contributed by atoms with E-state index in [2.05, 4.69) is 10.3 Å². The van der Waals surface area contributed by atoms with Crippen LogP contribution in [0.2, 0.25) is 0 Å². The second-order valence-corrected chi connectivity index (χ2v) is 10.3. The van der Waals surface area contributed by atoms with Gasteiger partial charge >= 0.3 is 12.0 Å². The third kappa shape index (κ3) is 4.49. The van der Waals surface area contributed by atoms with Crippen molar-refractivity contribution < 1.29 is 19.1 Å². The quantitative estimate of drug-likeness (QED) is 0.387. The van der Waals surface area contributed by atoms with Gasteiger partial charge in [0.1, 0.15) is 11.4 Å². The molecule has 2 aromatic heterocycles. The number of benzene rings is 2. The monoisotopic (exact) mass is 533 g/mol. The van der Waals surface area contributed by atoms with Crippen LogP contribution in [0.3, 0.4) is 0 Å². The van der Waals surface area contributed by atoms with E-state index in [1.54, 1.807) is 15.5 Å². The maximum Gasteiger partial charge on any atom is 0.341 e. The molecule has 1 saturated heterocycles. The number of thiazole rings is 1. The molecule has 0 bridgehead atoms. The summed E-state index contributed by atoms with van der Waals surface area (Å²) in [6.45, 7) is 1.58. The molecule has 0 unspecified atom stereocenters. The van der Waals surface area contributed by atoms with Gasteiger partial charge in [-0.1, -0.05) is 30.3 Å². The first-order chi connectivity index (χ1) is 18.4. The average Bonchev–Trinajstić information content (AvgIpc) is 3.67. The van der Waals surface area contributed by atoms with Crippen molar-refractivity contribution in [1.29, 1.82) is 0 Å². The Hall–Kier alpha value is -4.25. The number of piperazine rings is 1. The number of amides is 2. The number of carboxylic acid groups (broad SMARTS) is 1. The number of nitrogens with zero attached hydrogens (tertiary/aromatic N) is 4. The van der Waals surface area contributed by atoms with Crippen LogP contribution in [0.15, 0.2) is 58.8 Å². The Morgan fingerprint density at radius 2 is 1.82 bits per heavy atom. The van der Waals surface area contributed by atoms with Crippen LogP contribution in [-0.4, -0.2) is 57.7 Å². The molecule has 0 atom stereocenters. The highest BCUT2D eigenvalue weighted by Crippen LogP contribution is 2.38. The van der Waals surface area contributed by atoms with Gasteiger partial charge in [-0.3, -0.25) is 10.1 Å². The number of hydrogen-bond acceptors (Lipinski definition) is 6. The maximum absolute atomic E-state index is 15.2. The molecule has 2 amide bonds. The SMILES string of the molecule is O=C(O)c1cn(C2CC2)c2cc(N3CCN(C(=O)Nc4nc(-c5ccccc5)cs4)CC3)c(F)cc2c1=O. The van der Waals surface area contributed by atoms with Gasteiger partial charge in [-0.05, 0) is 25.0 Å². The molecule has 2 fully saturated rings. The highest BCUT2D eigenvalue weighted by molar-refractivity contribution is 7.14. The van der Waals surface area contributed by atoms with Crippen LogP contribution in [0.25, 0.3) is 22.2 Å². The highest BCUT2D eigenvalue weighted by Gasteiger charge is 2.29. The first-order valence-electron chi connectivity index (χ1n) is 12.3. The molecule has 38 heavy (non-hydrogen) atoms. The number of rotatable bonds is 5. The van der Waals surface area contributed by atoms with Gasteiger partial charge in [0.2, 0.25) is 5.43 Å². The van der Waals surface area contributed by atoms with Crippen LogP contribution < -0.4 is 15.6 Å². The summed E-state index contributed by atoms with van der Waals surface area (Å²) < 4.78 is 17.0. The van der Waals surface area contributed by atoms with Crippen molar-refractivity contribution >= 4 is 45.1 Å². The molecule has 194 valence electrons. The van der Waals surface area contributed by atoms with E-state index in [0.29, 0.717) is 42.5 Å². The summed E-state index contributed by atoms with van der Waals surface area (Å²) in [5.41, 5.74) is 1.59. The minimum atomic E-state index is -1.32. The molecule has 2 N–H and O–H groups in total. The summed E-state index contributed by atoms with van der Waals surface area (Å²) in [6.07, 6.45) is 3.13. The molecule has 9 nitrogen and oxygen atoms in total. The molecule has 4 aromatic rings. The molecular formula is C27H24FN5O4S. The van der Waals surface area contributed by atoms with E-state index in [-0.39, 0.29) is 23.0 Å². The summed E-state index contributed by atoms with van der Waals surface area (Å²) in [7, 11) is 0. The van der Waals surface area contributed by atoms with Gasteiger partial charge in [-0.2, -0.15) is 0 Å². The van der Waals surface area contributed by atoms with Gasteiger partial charge in [-0.25, -0.2) is 19.0 Å². The standard InChI is InChI=1S/C27H24FN5O4S/c28-20-12-18-22(33(17-6-7-17)14-19(24(18)34)25(35)36)13-23(20)31-8-10-32(11-9-31)27(37)30-26-29-21(15-38-26)16-4-2-1-3-5-16/h1-5,12-15,17H,6-11H2,(H,35,36)(H,29,30,37). The van der Waals surface area contributed by atoms with Crippen LogP contribution in [-0.2, 0) is 0 Å². The van der Waals surface area contributed by atoms with E-state index < -0.39 is 17.2 Å². The van der Waals surface area contributed by atoms with Crippen LogP contribution in [0.5, 0.6) is 0 Å². The molecule has 2 aromatic carbocycles. The lowest BCUT2D eigenvalue weighted by atomic mass is 10.1. The zero-order valence-corrected chi connectivity index (χ0v) is 21.1. The molecule has 1 saturated carbocycles. The zero-order chi connectivity index (χ0) is 26.4. The predicted molar refractivity (Wildman–Crippen MR) is 144 cm³/mol. The Morgan fingerprint density at radius 1 is 1.08 bits per heavy atom. The molecule has 6 rings (SSSR count). The number of carbonyl (C=O) groups excluding carboxylic acids is 1. The smallest absolute Gasteiger partial charge is 0.341 e. The van der Waals surface area contributed by atoms with Gasteiger partial charge in [0, 0.05) is 54.7 Å². The van der Waals surface area contributed by atoms with E-state index in [1.807, 2.05) is 40.6 Å². The van der Waals surface area contributed by atoms with Gasteiger partial charge in [-0.15, -0.1) is 11.3 Å². The topological polar surface area (TPSA) is 108 Å². The first-order valence-corrected chi connectivity index (χ1v) is 13.2. The Bertz CT molecular complexity index is 1610. The van der Waals surface area contributed by atoms with Gasteiger partial charge in [0.25, 0.3) is 0 Å². The summed E-state index contributed by atoms with van der Waals surface area (Å²) in [5.74, 6) is -1.91. The van der Waals surface area contributed by atoms with Crippen molar-refractivity contribution in [2.45, 2.75) is 18.9 Å². The largest absolute Gasteiger partial charge is 0.477 e. The Balaban J connectivity index is 1.18. The van der Waals surface area contributed by atoms with Crippen LogP contribution >= 0.6 is 11.3 Å². The third-order valence-electron chi connectivity index (χ3n) is 6.97. The zero-order valence-electron chi connectivity index (χ0n) is 20.3. The number of aromatic nitrogens is 2. The normalized spacial score (nSPS) is 15.6. The van der Waals surface area contributed by atoms with Crippen LogP contribution in [0.4, 0.5) is 20.0 Å². The number of hydrogen-bond donors (Lipinski definition) is 2. The van der Waals surface area contributed by atoms with Crippen molar-refractivity contribution in [1.82, 2.24) is 14.5 Å². The number of carbonyl (C=O) groups is 2. The van der Waals surface area contributed by atoms with Crippen LogP contribution in [0, 0.1) is 5.82 Å². The van der Waals surface area contributed by atoms with Crippen molar-refractivity contribution in [3.8, 4) is 11.3 Å². The molecule has 1 aliphatic heterocycles. The lowest BCUT2D eigenvalue weighted by molar-refractivity contribution is 0.0694. The summed E-state index contributed by atoms with van der Waals surface area (Å²) in [5, 5.41) is 14.8. The number of fused-ring (bicyclic) bond motifs is 1. The number of aromatic carboxylic acids is 1. The average molecular weight is 534 g/mol. The highest BCUT2D eigenvalue weighted by atomic mass is 32.1. The Morgan fingerprint density at radius 3 is 2.50 bits per heavy atom. The molecule has 2 aliphatic rings. The van der Waals surface area contributed by atoms with Crippen molar-refractivity contribution in [2.24, 2.45) is 0 Å². The maximum atomic E-state index is 15.2. The summed E-state index contributed by atoms with van der Waals surface area (Å²) in [4.78, 5) is 45.2. The molecule has 0 spiro atoms. The number of anilines is 2. The van der Waals surface area contributed by atoms with Gasteiger partial charge < -0.3 is 19.5 Å². The van der Waals surface area contributed by atoms with Crippen LogP contribution in [0.1, 0.15) is 29.2 Å². The molecular weight excluding hydrogens is 509 g/mol. The number of carboxylic acids is 1. The second kappa shape index (κ2) is 9.56. The van der Waals surface area contributed by atoms with Crippen molar-refractivity contribution in [3.63, 3.8) is 0 Å². The molecule has 11 heteroatoms. The third-order valence-corrected chi connectivity index (χ3v) is 7.72. The second-order valence-electron chi connectivity index (χ2n) is 9.44. The fourth-order valence-electron chi connectivity index (χ4n) is 4.80. The summed E-state index contributed by atoms with van der Waals surface area (Å²) >= 11 is 1.36. The minimum absolute atomic E-state index is 0.0642. The van der Waals surface area contributed by atoms with E-state index in [0.717, 1.165) is 30.2 Å². The van der Waals surface area contributed by atoms with E-state index in [4.69, 9.17) is 0 Å². The number of halogens is 1. The Labute approximate surface area is 220 Å². The summed E-state index contributed by atoms with van der Waals surface area (Å²) in [6, 6.07) is 12.3. The number of nitrogens with one attached hydrogen (secondary N) is 1.